The third-order valence-electron chi connectivity index (χ3n) is 2.47. The fourth-order valence-electron chi connectivity index (χ4n) is 1.70. The van der Waals surface area contributed by atoms with Crippen LogP contribution in [0.3, 0.4) is 0 Å². The summed E-state index contributed by atoms with van der Waals surface area (Å²) in [4.78, 5) is 8.28. The molecule has 0 bridgehead atoms. The number of nitrogen functional groups attached to an aromatic ring is 1. The lowest BCUT2D eigenvalue weighted by Crippen LogP contribution is -2.10. The molecule has 15 heavy (non-hydrogen) atoms. The minimum Gasteiger partial charge on any atom is -0.307 e. The molecule has 3 N–H and O–H groups in total. The van der Waals surface area contributed by atoms with Crippen LogP contribution < -0.4 is 11.3 Å². The van der Waals surface area contributed by atoms with E-state index in [0.717, 1.165) is 9.50 Å². The van der Waals surface area contributed by atoms with Crippen molar-refractivity contribution in [1.82, 2.24) is 9.97 Å². The molecular formula is C9H13BrN4S. The van der Waals surface area contributed by atoms with Gasteiger partial charge in [-0.3, -0.25) is 0 Å². The highest BCUT2D eigenvalue weighted by molar-refractivity contribution is 9.10. The van der Waals surface area contributed by atoms with Gasteiger partial charge < -0.3 is 5.43 Å². The molecule has 6 heteroatoms. The van der Waals surface area contributed by atoms with Crippen LogP contribution >= 0.6 is 27.7 Å². The number of hydrogen-bond donors (Lipinski definition) is 2. The van der Waals surface area contributed by atoms with Gasteiger partial charge in [0.2, 0.25) is 0 Å². The number of rotatable bonds is 3. The molecule has 0 saturated heterocycles. The zero-order chi connectivity index (χ0) is 10.7. The predicted molar refractivity (Wildman–Crippen MR) is 65.7 cm³/mol. The van der Waals surface area contributed by atoms with Gasteiger partial charge in [-0.05, 0) is 28.8 Å². The number of thioether (sulfide) groups is 1. The molecule has 1 aromatic rings. The Morgan fingerprint density at radius 1 is 1.40 bits per heavy atom. The van der Waals surface area contributed by atoms with Crippen molar-refractivity contribution >= 4 is 33.5 Å². The highest BCUT2D eigenvalue weighted by Crippen LogP contribution is 2.38. The second-order valence-corrected chi connectivity index (χ2v) is 5.59. The Morgan fingerprint density at radius 2 is 2.13 bits per heavy atom. The summed E-state index contributed by atoms with van der Waals surface area (Å²) < 4.78 is 0.865. The van der Waals surface area contributed by atoms with Crippen LogP contribution in [-0.4, -0.2) is 15.2 Å². The summed E-state index contributed by atoms with van der Waals surface area (Å²) in [5.74, 6) is 5.99. The number of nitrogens with one attached hydrogen (secondary N) is 1. The molecule has 0 aliphatic heterocycles. The molecule has 1 aliphatic rings. The van der Waals surface area contributed by atoms with Gasteiger partial charge >= 0.3 is 0 Å². The molecule has 2 rings (SSSR count). The molecule has 1 saturated carbocycles. The van der Waals surface area contributed by atoms with E-state index in [9.17, 15) is 0 Å². The summed E-state index contributed by atoms with van der Waals surface area (Å²) in [6.07, 6.45) is 6.78. The minimum atomic E-state index is 0.644. The zero-order valence-electron chi connectivity index (χ0n) is 8.24. The second kappa shape index (κ2) is 5.14. The van der Waals surface area contributed by atoms with Crippen molar-refractivity contribution in [3.8, 4) is 0 Å². The van der Waals surface area contributed by atoms with E-state index in [0.29, 0.717) is 11.1 Å². The number of halogens is 1. The second-order valence-electron chi connectivity index (χ2n) is 3.51. The highest BCUT2D eigenvalue weighted by Gasteiger charge is 2.19. The number of anilines is 1. The third kappa shape index (κ3) is 2.62. The molecule has 0 atom stereocenters. The summed E-state index contributed by atoms with van der Waals surface area (Å²) in [5.41, 5.74) is 2.55. The third-order valence-corrected chi connectivity index (χ3v) is 4.83. The standard InChI is InChI=1S/C9H13BrN4S/c10-7-8(14-11)12-5-13-9(7)15-6-3-1-2-4-6/h5-6H,1-4,11H2,(H,12,13,14). The Bertz CT molecular complexity index is 341. The number of nitrogens with zero attached hydrogens (tertiary/aromatic N) is 2. The molecule has 4 nitrogen and oxygen atoms in total. The Morgan fingerprint density at radius 3 is 2.80 bits per heavy atom. The first kappa shape index (κ1) is 11.2. The molecule has 0 radical (unpaired) electrons. The number of aromatic nitrogens is 2. The normalized spacial score (nSPS) is 16.9. The Balaban J connectivity index is 2.13. The maximum atomic E-state index is 5.35. The van der Waals surface area contributed by atoms with Crippen molar-refractivity contribution in [2.45, 2.75) is 36.0 Å². The maximum absolute atomic E-state index is 5.35. The van der Waals surface area contributed by atoms with Gasteiger partial charge in [-0.25, -0.2) is 15.8 Å². The van der Waals surface area contributed by atoms with Crippen molar-refractivity contribution in [3.63, 3.8) is 0 Å². The van der Waals surface area contributed by atoms with E-state index in [4.69, 9.17) is 5.84 Å². The summed E-state index contributed by atoms with van der Waals surface area (Å²) >= 11 is 5.27. The lowest BCUT2D eigenvalue weighted by atomic mass is 10.4. The minimum absolute atomic E-state index is 0.644. The quantitative estimate of drug-likeness (QED) is 0.508. The van der Waals surface area contributed by atoms with Crippen molar-refractivity contribution in [3.05, 3.63) is 10.8 Å². The zero-order valence-corrected chi connectivity index (χ0v) is 10.6. The van der Waals surface area contributed by atoms with Gasteiger partial charge in [-0.15, -0.1) is 11.8 Å². The van der Waals surface area contributed by atoms with Gasteiger partial charge in [0.1, 0.15) is 11.4 Å². The Hall–Kier alpha value is -0.330. The SMILES string of the molecule is NNc1ncnc(SC2CCCC2)c1Br. The first-order valence-electron chi connectivity index (χ1n) is 4.95. The monoisotopic (exact) mass is 288 g/mol. The number of nitrogens with two attached hydrogens (primary N) is 1. The molecule has 0 amide bonds. The lowest BCUT2D eigenvalue weighted by Gasteiger charge is -2.10. The van der Waals surface area contributed by atoms with Crippen molar-refractivity contribution < 1.29 is 0 Å². The first-order chi connectivity index (χ1) is 7.31. The van der Waals surface area contributed by atoms with Crippen molar-refractivity contribution in [2.75, 3.05) is 5.43 Å². The summed E-state index contributed by atoms with van der Waals surface area (Å²) in [5, 5.41) is 1.67. The fourth-order valence-corrected chi connectivity index (χ4v) is 3.49. The first-order valence-corrected chi connectivity index (χ1v) is 6.62. The van der Waals surface area contributed by atoms with Crippen molar-refractivity contribution in [2.24, 2.45) is 5.84 Å². The largest absolute Gasteiger partial charge is 0.307 e. The van der Waals surface area contributed by atoms with Crippen LogP contribution in [0.1, 0.15) is 25.7 Å². The van der Waals surface area contributed by atoms with Gasteiger partial charge in [0.05, 0.1) is 4.47 Å². The average Bonchev–Trinajstić information content (AvgIpc) is 2.74. The van der Waals surface area contributed by atoms with Crippen LogP contribution in [-0.2, 0) is 0 Å². The molecular weight excluding hydrogens is 276 g/mol. The fraction of sp³-hybridized carbons (Fsp3) is 0.556. The van der Waals surface area contributed by atoms with E-state index in [2.05, 4.69) is 31.3 Å². The van der Waals surface area contributed by atoms with E-state index in [-0.39, 0.29) is 0 Å². The predicted octanol–water partition coefficient (Wildman–Crippen LogP) is 2.56. The van der Waals surface area contributed by atoms with E-state index in [1.807, 2.05) is 11.8 Å². The summed E-state index contributed by atoms with van der Waals surface area (Å²) in [6.45, 7) is 0. The van der Waals surface area contributed by atoms with Gasteiger partial charge in [-0.2, -0.15) is 0 Å². The molecule has 1 fully saturated rings. The number of hydrazine groups is 1. The van der Waals surface area contributed by atoms with Crippen LogP contribution in [0, 0.1) is 0 Å². The molecule has 0 aromatic carbocycles. The lowest BCUT2D eigenvalue weighted by molar-refractivity contribution is 0.886. The molecule has 1 aromatic heterocycles. The van der Waals surface area contributed by atoms with Gasteiger partial charge in [0.25, 0.3) is 0 Å². The number of hydrogen-bond acceptors (Lipinski definition) is 5. The van der Waals surface area contributed by atoms with Crippen LogP contribution in [0.2, 0.25) is 0 Å². The van der Waals surface area contributed by atoms with E-state index >= 15 is 0 Å². The van der Waals surface area contributed by atoms with Crippen LogP contribution in [0.5, 0.6) is 0 Å². The molecule has 0 unspecified atom stereocenters. The summed E-state index contributed by atoms with van der Waals surface area (Å²) in [7, 11) is 0. The van der Waals surface area contributed by atoms with Crippen molar-refractivity contribution in [1.29, 1.82) is 0 Å². The van der Waals surface area contributed by atoms with E-state index < -0.39 is 0 Å². The van der Waals surface area contributed by atoms with Crippen LogP contribution in [0.4, 0.5) is 5.82 Å². The van der Waals surface area contributed by atoms with Crippen LogP contribution in [0.25, 0.3) is 0 Å². The molecule has 1 aliphatic carbocycles. The van der Waals surface area contributed by atoms with Gasteiger partial charge in [-0.1, -0.05) is 12.8 Å². The highest BCUT2D eigenvalue weighted by atomic mass is 79.9. The smallest absolute Gasteiger partial charge is 0.158 e. The molecule has 82 valence electrons. The van der Waals surface area contributed by atoms with E-state index in [1.54, 1.807) is 0 Å². The Kier molecular flexibility index (Phi) is 3.82. The Labute approximate surface area is 102 Å². The van der Waals surface area contributed by atoms with Crippen LogP contribution in [0.15, 0.2) is 15.8 Å². The summed E-state index contributed by atoms with van der Waals surface area (Å²) in [6, 6.07) is 0. The average molecular weight is 289 g/mol. The van der Waals surface area contributed by atoms with Gasteiger partial charge in [0, 0.05) is 5.25 Å². The molecule has 0 spiro atoms. The molecule has 1 heterocycles. The van der Waals surface area contributed by atoms with Gasteiger partial charge in [0.15, 0.2) is 5.82 Å². The topological polar surface area (TPSA) is 63.8 Å². The maximum Gasteiger partial charge on any atom is 0.158 e. The van der Waals surface area contributed by atoms with E-state index in [1.165, 1.54) is 32.0 Å².